The van der Waals surface area contributed by atoms with Crippen molar-refractivity contribution in [2.45, 2.75) is 71.4 Å². The maximum Gasteiger partial charge on any atom is 0.408 e. The summed E-state index contributed by atoms with van der Waals surface area (Å²) in [5, 5.41) is 11.8. The van der Waals surface area contributed by atoms with Crippen molar-refractivity contribution in [1.82, 2.24) is 5.32 Å². The summed E-state index contributed by atoms with van der Waals surface area (Å²) >= 11 is 0. The SMILES string of the molecule is C=CCCCC[C@@H](CC)C(NC(=O)OC(C)(C)C)C(=O)O. The molecule has 0 aliphatic rings. The lowest BCUT2D eigenvalue weighted by molar-refractivity contribution is -0.141. The zero-order valence-electron chi connectivity index (χ0n) is 13.6. The number of rotatable bonds is 9. The Morgan fingerprint density at radius 2 is 1.95 bits per heavy atom. The normalized spacial score (nSPS) is 14.1. The van der Waals surface area contributed by atoms with Crippen molar-refractivity contribution >= 4 is 12.1 Å². The summed E-state index contributed by atoms with van der Waals surface area (Å²) in [6, 6.07) is -0.909. The first-order valence-electron chi connectivity index (χ1n) is 7.54. The van der Waals surface area contributed by atoms with Crippen molar-refractivity contribution in [3.63, 3.8) is 0 Å². The van der Waals surface area contributed by atoms with Crippen molar-refractivity contribution in [2.24, 2.45) is 5.92 Å². The molecule has 0 aliphatic heterocycles. The van der Waals surface area contributed by atoms with Gasteiger partial charge in [-0.1, -0.05) is 25.8 Å². The molecule has 0 spiro atoms. The highest BCUT2D eigenvalue weighted by Crippen LogP contribution is 2.19. The summed E-state index contributed by atoms with van der Waals surface area (Å²) in [6.45, 7) is 10.8. The molecule has 122 valence electrons. The number of ether oxygens (including phenoxy) is 1. The zero-order chi connectivity index (χ0) is 16.5. The van der Waals surface area contributed by atoms with Crippen LogP contribution in [0.5, 0.6) is 0 Å². The summed E-state index contributed by atoms with van der Waals surface area (Å²) in [4.78, 5) is 23.2. The number of aliphatic carboxylic acids is 1. The number of carbonyl (C=O) groups is 2. The summed E-state index contributed by atoms with van der Waals surface area (Å²) in [5.74, 6) is -1.11. The molecule has 2 atom stereocenters. The fourth-order valence-electron chi connectivity index (χ4n) is 2.12. The molecule has 1 unspecified atom stereocenters. The zero-order valence-corrected chi connectivity index (χ0v) is 13.6. The second-order valence-electron chi connectivity index (χ2n) is 6.20. The number of unbranched alkanes of at least 4 members (excludes halogenated alkanes) is 2. The van der Waals surface area contributed by atoms with Crippen LogP contribution >= 0.6 is 0 Å². The molecule has 0 saturated heterocycles. The molecule has 1 amide bonds. The Labute approximate surface area is 127 Å². The van der Waals surface area contributed by atoms with E-state index < -0.39 is 23.7 Å². The van der Waals surface area contributed by atoms with E-state index in [2.05, 4.69) is 11.9 Å². The lowest BCUT2D eigenvalue weighted by Gasteiger charge is -2.26. The first-order chi connectivity index (χ1) is 9.71. The van der Waals surface area contributed by atoms with Crippen LogP contribution in [0, 0.1) is 5.92 Å². The third kappa shape index (κ3) is 9.10. The van der Waals surface area contributed by atoms with Gasteiger partial charge >= 0.3 is 12.1 Å². The Bertz CT molecular complexity index is 347. The van der Waals surface area contributed by atoms with Gasteiger partial charge in [-0.25, -0.2) is 9.59 Å². The first-order valence-corrected chi connectivity index (χ1v) is 7.54. The molecule has 0 heterocycles. The highest BCUT2D eigenvalue weighted by Gasteiger charge is 2.30. The monoisotopic (exact) mass is 299 g/mol. The molecular weight excluding hydrogens is 270 g/mol. The highest BCUT2D eigenvalue weighted by molar-refractivity contribution is 5.80. The largest absolute Gasteiger partial charge is 0.480 e. The number of alkyl carbamates (subject to hydrolysis) is 1. The Balaban J connectivity index is 4.58. The average molecular weight is 299 g/mol. The molecule has 5 nitrogen and oxygen atoms in total. The predicted octanol–water partition coefficient (Wildman–Crippen LogP) is 3.74. The van der Waals surface area contributed by atoms with Crippen LogP contribution in [0.4, 0.5) is 4.79 Å². The van der Waals surface area contributed by atoms with Crippen LogP contribution < -0.4 is 5.32 Å². The maximum absolute atomic E-state index is 11.8. The molecule has 21 heavy (non-hydrogen) atoms. The van der Waals surface area contributed by atoms with E-state index in [0.29, 0.717) is 6.42 Å². The lowest BCUT2D eigenvalue weighted by Crippen LogP contribution is -2.47. The highest BCUT2D eigenvalue weighted by atomic mass is 16.6. The third-order valence-electron chi connectivity index (χ3n) is 3.17. The molecule has 0 rings (SSSR count). The fraction of sp³-hybridized carbons (Fsp3) is 0.750. The van der Waals surface area contributed by atoms with E-state index in [1.165, 1.54) is 0 Å². The van der Waals surface area contributed by atoms with Crippen molar-refractivity contribution in [2.75, 3.05) is 0 Å². The van der Waals surface area contributed by atoms with Crippen molar-refractivity contribution in [3.05, 3.63) is 12.7 Å². The van der Waals surface area contributed by atoms with Gasteiger partial charge in [0.25, 0.3) is 0 Å². The van der Waals surface area contributed by atoms with Crippen LogP contribution in [0.2, 0.25) is 0 Å². The van der Waals surface area contributed by atoms with Crippen molar-refractivity contribution in [3.8, 4) is 0 Å². The number of carbonyl (C=O) groups excluding carboxylic acids is 1. The Morgan fingerprint density at radius 3 is 2.38 bits per heavy atom. The van der Waals surface area contributed by atoms with Crippen LogP contribution in [0.1, 0.15) is 59.8 Å². The maximum atomic E-state index is 11.8. The van der Waals surface area contributed by atoms with Gasteiger partial charge in [-0.05, 0) is 46.0 Å². The predicted molar refractivity (Wildman–Crippen MR) is 83.2 cm³/mol. The number of hydrogen-bond donors (Lipinski definition) is 2. The van der Waals surface area contributed by atoms with Crippen LogP contribution in [0.15, 0.2) is 12.7 Å². The second kappa shape index (κ2) is 9.42. The van der Waals surface area contributed by atoms with E-state index in [1.54, 1.807) is 20.8 Å². The van der Waals surface area contributed by atoms with E-state index >= 15 is 0 Å². The Hall–Kier alpha value is -1.52. The number of allylic oxidation sites excluding steroid dienone is 1. The van der Waals surface area contributed by atoms with E-state index in [0.717, 1.165) is 25.7 Å². The third-order valence-corrected chi connectivity index (χ3v) is 3.17. The molecule has 0 saturated carbocycles. The summed E-state index contributed by atoms with van der Waals surface area (Å²) in [6.07, 6.45) is 5.46. The number of carboxylic acid groups (broad SMARTS) is 1. The minimum Gasteiger partial charge on any atom is -0.480 e. The first kappa shape index (κ1) is 19.5. The second-order valence-corrected chi connectivity index (χ2v) is 6.20. The van der Waals surface area contributed by atoms with E-state index in [9.17, 15) is 14.7 Å². The van der Waals surface area contributed by atoms with Gasteiger partial charge in [-0.3, -0.25) is 0 Å². The average Bonchev–Trinajstić information content (AvgIpc) is 2.34. The molecular formula is C16H29NO4. The van der Waals surface area contributed by atoms with Gasteiger partial charge in [0.15, 0.2) is 0 Å². The molecule has 0 aromatic carbocycles. The van der Waals surface area contributed by atoms with Crippen LogP contribution in [0.25, 0.3) is 0 Å². The van der Waals surface area contributed by atoms with Crippen LogP contribution in [0.3, 0.4) is 0 Å². The van der Waals surface area contributed by atoms with E-state index in [1.807, 2.05) is 13.0 Å². The molecule has 0 fully saturated rings. The van der Waals surface area contributed by atoms with Gasteiger partial charge in [0, 0.05) is 0 Å². The van der Waals surface area contributed by atoms with Crippen molar-refractivity contribution < 1.29 is 19.4 Å². The minimum atomic E-state index is -1.02. The van der Waals surface area contributed by atoms with Gasteiger partial charge in [0.1, 0.15) is 11.6 Å². The number of hydrogen-bond acceptors (Lipinski definition) is 3. The quantitative estimate of drug-likeness (QED) is 0.502. The molecule has 0 radical (unpaired) electrons. The van der Waals surface area contributed by atoms with Crippen LogP contribution in [-0.2, 0) is 9.53 Å². The van der Waals surface area contributed by atoms with Crippen molar-refractivity contribution in [1.29, 1.82) is 0 Å². The molecule has 5 heteroatoms. The minimum absolute atomic E-state index is 0.0974. The van der Waals surface area contributed by atoms with Gasteiger partial charge in [0.2, 0.25) is 0 Å². The number of nitrogens with one attached hydrogen (secondary N) is 1. The summed E-state index contributed by atoms with van der Waals surface area (Å²) in [5.41, 5.74) is -0.640. The van der Waals surface area contributed by atoms with Gasteiger partial charge in [-0.15, -0.1) is 6.58 Å². The standard InChI is InChI=1S/C16H29NO4/c1-6-8-9-10-11-12(7-2)13(14(18)19)17-15(20)21-16(3,4)5/h6,12-13H,1,7-11H2,2-5H3,(H,17,20)(H,18,19)/t12-,13?/m1/s1. The fourth-order valence-corrected chi connectivity index (χ4v) is 2.12. The molecule has 2 N–H and O–H groups in total. The topological polar surface area (TPSA) is 75.6 Å². The lowest BCUT2D eigenvalue weighted by atomic mass is 9.91. The smallest absolute Gasteiger partial charge is 0.408 e. The van der Waals surface area contributed by atoms with Gasteiger partial charge in [-0.2, -0.15) is 0 Å². The molecule has 0 bridgehead atoms. The van der Waals surface area contributed by atoms with E-state index in [-0.39, 0.29) is 5.92 Å². The summed E-state index contributed by atoms with van der Waals surface area (Å²) in [7, 11) is 0. The van der Waals surface area contributed by atoms with Gasteiger partial charge < -0.3 is 15.2 Å². The van der Waals surface area contributed by atoms with E-state index in [4.69, 9.17) is 4.74 Å². The molecule has 0 aromatic heterocycles. The number of amides is 1. The molecule has 0 aromatic rings. The van der Waals surface area contributed by atoms with Gasteiger partial charge in [0.05, 0.1) is 0 Å². The molecule has 0 aliphatic carbocycles. The van der Waals surface area contributed by atoms with Crippen LogP contribution in [-0.4, -0.2) is 28.8 Å². The number of carboxylic acids is 1. The summed E-state index contributed by atoms with van der Waals surface area (Å²) < 4.78 is 5.13. The Kier molecular flexibility index (Phi) is 8.74. The Morgan fingerprint density at radius 1 is 1.33 bits per heavy atom.